The summed E-state index contributed by atoms with van der Waals surface area (Å²) >= 11 is 1.50. The molecule has 1 aromatic heterocycles. The van der Waals surface area contributed by atoms with Crippen LogP contribution in [0.25, 0.3) is 11.3 Å². The van der Waals surface area contributed by atoms with Crippen LogP contribution in [0.15, 0.2) is 111 Å². The predicted molar refractivity (Wildman–Crippen MR) is 113 cm³/mol. The van der Waals surface area contributed by atoms with E-state index in [1.54, 1.807) is 0 Å². The maximum absolute atomic E-state index is 12.9. The third-order valence-electron chi connectivity index (χ3n) is 4.39. The molecule has 3 nitrogen and oxygen atoms in total. The maximum atomic E-state index is 12.9. The molecule has 0 aliphatic rings. The fraction of sp³-hybridized carbons (Fsp3) is 0.0417. The molecule has 4 rings (SSSR count). The van der Waals surface area contributed by atoms with Crippen LogP contribution in [0.1, 0.15) is 16.4 Å². The summed E-state index contributed by atoms with van der Waals surface area (Å²) in [6, 6.07) is 30.3. The number of hydrogen-bond acceptors (Lipinski definition) is 4. The van der Waals surface area contributed by atoms with Gasteiger partial charge in [-0.25, -0.2) is 4.79 Å². The van der Waals surface area contributed by atoms with Crippen molar-refractivity contribution in [2.45, 2.75) is 10.1 Å². The molecule has 0 radical (unpaired) electrons. The third-order valence-corrected chi connectivity index (χ3v) is 5.67. The Bertz CT molecular complexity index is 1110. The molecule has 0 bridgehead atoms. The highest BCUT2D eigenvalue weighted by atomic mass is 32.2. The van der Waals surface area contributed by atoms with Gasteiger partial charge in [-0.1, -0.05) is 78.9 Å². The molecule has 138 valence electrons. The Morgan fingerprint density at radius 3 is 1.96 bits per heavy atom. The lowest BCUT2D eigenvalue weighted by Crippen LogP contribution is -2.12. The van der Waals surface area contributed by atoms with Gasteiger partial charge in [-0.2, -0.15) is 0 Å². The Balaban J connectivity index is 1.81. The van der Waals surface area contributed by atoms with Crippen molar-refractivity contribution < 1.29 is 9.52 Å². The normalized spacial score (nSPS) is 11.9. The van der Waals surface area contributed by atoms with E-state index < -0.39 is 5.63 Å². The topological polar surface area (TPSA) is 50.4 Å². The molecule has 1 N–H and O–H groups in total. The molecule has 0 saturated carbocycles. The van der Waals surface area contributed by atoms with Gasteiger partial charge >= 0.3 is 5.63 Å². The number of aromatic hydroxyl groups is 1. The van der Waals surface area contributed by atoms with Gasteiger partial charge in [-0.3, -0.25) is 0 Å². The number of thioether (sulfide) groups is 1. The lowest BCUT2D eigenvalue weighted by molar-refractivity contribution is 0.442. The molecule has 4 aromatic rings. The van der Waals surface area contributed by atoms with Crippen molar-refractivity contribution in [3.05, 3.63) is 119 Å². The molecule has 0 amide bonds. The summed E-state index contributed by atoms with van der Waals surface area (Å²) in [5.74, 6) is 0.288. The summed E-state index contributed by atoms with van der Waals surface area (Å²) in [4.78, 5) is 13.9. The Hall–Kier alpha value is -3.24. The van der Waals surface area contributed by atoms with Crippen molar-refractivity contribution in [3.8, 4) is 17.1 Å². The second-order valence-electron chi connectivity index (χ2n) is 6.28. The zero-order valence-corrected chi connectivity index (χ0v) is 15.8. The molecular weight excluding hydrogens is 368 g/mol. The summed E-state index contributed by atoms with van der Waals surface area (Å²) < 4.78 is 5.59. The van der Waals surface area contributed by atoms with Gasteiger partial charge in [0.1, 0.15) is 11.5 Å². The van der Waals surface area contributed by atoms with Gasteiger partial charge in [-0.15, -0.1) is 11.8 Å². The highest BCUT2D eigenvalue weighted by molar-refractivity contribution is 7.99. The molecule has 0 aliphatic heterocycles. The summed E-state index contributed by atoms with van der Waals surface area (Å²) in [7, 11) is 0. The fourth-order valence-corrected chi connectivity index (χ4v) is 4.25. The van der Waals surface area contributed by atoms with Crippen LogP contribution in [0.3, 0.4) is 0 Å². The highest BCUT2D eigenvalue weighted by Crippen LogP contribution is 2.42. The Morgan fingerprint density at radius 1 is 0.786 bits per heavy atom. The smallest absolute Gasteiger partial charge is 0.344 e. The lowest BCUT2D eigenvalue weighted by Gasteiger charge is -2.18. The molecule has 1 atom stereocenters. The Kier molecular flexibility index (Phi) is 5.31. The first-order valence-corrected chi connectivity index (χ1v) is 9.79. The summed E-state index contributed by atoms with van der Waals surface area (Å²) in [6.45, 7) is 0. The van der Waals surface area contributed by atoms with E-state index in [2.05, 4.69) is 0 Å². The SMILES string of the molecule is O=c1oc(-c2ccccc2)cc(O)c1[C@@H](Sc1ccccc1)c1ccccc1. The lowest BCUT2D eigenvalue weighted by atomic mass is 10.0. The maximum Gasteiger partial charge on any atom is 0.344 e. The molecule has 4 heteroatoms. The summed E-state index contributed by atoms with van der Waals surface area (Å²) in [5.41, 5.74) is 1.38. The number of rotatable bonds is 5. The van der Waals surface area contributed by atoms with E-state index in [0.717, 1.165) is 16.0 Å². The minimum atomic E-state index is -0.531. The van der Waals surface area contributed by atoms with E-state index >= 15 is 0 Å². The zero-order valence-electron chi connectivity index (χ0n) is 15.0. The van der Waals surface area contributed by atoms with Crippen LogP contribution < -0.4 is 5.63 Å². The van der Waals surface area contributed by atoms with E-state index in [0.29, 0.717) is 5.76 Å². The standard InChI is InChI=1S/C24H18O3S/c25-20-16-21(17-10-4-1-5-11-17)27-24(26)22(20)23(18-12-6-2-7-13-18)28-19-14-8-3-9-15-19/h1-16,23,25H/t23-/m0/s1. The monoisotopic (exact) mass is 386 g/mol. The van der Waals surface area contributed by atoms with Crippen molar-refractivity contribution in [1.29, 1.82) is 0 Å². The largest absolute Gasteiger partial charge is 0.507 e. The Labute approximate surface area is 167 Å². The van der Waals surface area contributed by atoms with Crippen LogP contribution in [0.4, 0.5) is 0 Å². The van der Waals surface area contributed by atoms with E-state index in [4.69, 9.17) is 4.42 Å². The van der Waals surface area contributed by atoms with Crippen molar-refractivity contribution in [2.24, 2.45) is 0 Å². The second kappa shape index (κ2) is 8.19. The number of hydrogen-bond donors (Lipinski definition) is 1. The summed E-state index contributed by atoms with van der Waals surface area (Å²) in [5, 5.41) is 10.4. The molecule has 28 heavy (non-hydrogen) atoms. The van der Waals surface area contributed by atoms with E-state index in [1.807, 2.05) is 91.0 Å². The Morgan fingerprint density at radius 2 is 1.36 bits per heavy atom. The average molecular weight is 386 g/mol. The first-order chi connectivity index (χ1) is 13.7. The molecule has 3 aromatic carbocycles. The van der Waals surface area contributed by atoms with Crippen LogP contribution in [0.5, 0.6) is 5.75 Å². The molecule has 0 saturated heterocycles. The van der Waals surface area contributed by atoms with Crippen LogP contribution in [0.2, 0.25) is 0 Å². The van der Waals surface area contributed by atoms with Crippen LogP contribution in [0, 0.1) is 0 Å². The van der Waals surface area contributed by atoms with Gasteiger partial charge in [0.05, 0.1) is 10.8 Å². The van der Waals surface area contributed by atoms with Gasteiger partial charge in [-0.05, 0) is 17.7 Å². The van der Waals surface area contributed by atoms with Crippen molar-refractivity contribution in [1.82, 2.24) is 0 Å². The molecule has 0 fully saturated rings. The van der Waals surface area contributed by atoms with Crippen LogP contribution in [-0.2, 0) is 0 Å². The summed E-state index contributed by atoms with van der Waals surface area (Å²) in [6.07, 6.45) is 0. The molecule has 0 aliphatic carbocycles. The number of benzene rings is 3. The van der Waals surface area contributed by atoms with E-state index in [9.17, 15) is 9.90 Å². The molecular formula is C24H18O3S. The third kappa shape index (κ3) is 3.87. The minimum Gasteiger partial charge on any atom is -0.507 e. The first kappa shape index (κ1) is 18.1. The molecule has 0 spiro atoms. The van der Waals surface area contributed by atoms with Crippen molar-refractivity contribution in [3.63, 3.8) is 0 Å². The first-order valence-electron chi connectivity index (χ1n) is 8.91. The second-order valence-corrected chi connectivity index (χ2v) is 7.46. The minimum absolute atomic E-state index is 0.0626. The molecule has 1 heterocycles. The van der Waals surface area contributed by atoms with Gasteiger partial charge < -0.3 is 9.52 Å². The predicted octanol–water partition coefficient (Wildman–Crippen LogP) is 5.89. The highest BCUT2D eigenvalue weighted by Gasteiger charge is 2.25. The van der Waals surface area contributed by atoms with E-state index in [1.165, 1.54) is 17.8 Å². The van der Waals surface area contributed by atoms with Gasteiger partial charge in [0.15, 0.2) is 0 Å². The van der Waals surface area contributed by atoms with Crippen LogP contribution in [-0.4, -0.2) is 5.11 Å². The fourth-order valence-electron chi connectivity index (χ4n) is 3.03. The van der Waals surface area contributed by atoms with Gasteiger partial charge in [0.2, 0.25) is 0 Å². The quantitative estimate of drug-likeness (QED) is 0.434. The van der Waals surface area contributed by atoms with Crippen molar-refractivity contribution in [2.75, 3.05) is 0 Å². The average Bonchev–Trinajstić information content (AvgIpc) is 2.74. The van der Waals surface area contributed by atoms with Crippen LogP contribution >= 0.6 is 11.8 Å². The van der Waals surface area contributed by atoms with E-state index in [-0.39, 0.29) is 16.6 Å². The zero-order chi connectivity index (χ0) is 19.3. The van der Waals surface area contributed by atoms with Gasteiger partial charge in [0, 0.05) is 16.5 Å². The van der Waals surface area contributed by atoms with Gasteiger partial charge in [0.25, 0.3) is 0 Å². The van der Waals surface area contributed by atoms with Crippen molar-refractivity contribution >= 4 is 11.8 Å². The molecule has 0 unspecified atom stereocenters.